The van der Waals surface area contributed by atoms with Gasteiger partial charge in [0.15, 0.2) is 0 Å². The minimum absolute atomic E-state index is 0.135. The summed E-state index contributed by atoms with van der Waals surface area (Å²) in [7, 11) is 0. The van der Waals surface area contributed by atoms with Gasteiger partial charge in [0.05, 0.1) is 29.6 Å². The number of rotatable bonds is 4. The van der Waals surface area contributed by atoms with Crippen molar-refractivity contribution in [3.8, 4) is 0 Å². The van der Waals surface area contributed by atoms with Gasteiger partial charge in [-0.1, -0.05) is 12.8 Å². The van der Waals surface area contributed by atoms with E-state index in [2.05, 4.69) is 15.6 Å². The van der Waals surface area contributed by atoms with Crippen LogP contribution in [0.25, 0.3) is 0 Å². The van der Waals surface area contributed by atoms with E-state index in [1.54, 1.807) is 18.5 Å². The number of aromatic nitrogens is 1. The Morgan fingerprint density at radius 3 is 3.00 bits per heavy atom. The number of amides is 1. The minimum atomic E-state index is -0.429. The second kappa shape index (κ2) is 6.52. The lowest BCUT2D eigenvalue weighted by Crippen LogP contribution is -2.45. The summed E-state index contributed by atoms with van der Waals surface area (Å²) < 4.78 is 0. The van der Waals surface area contributed by atoms with Crippen LogP contribution < -0.4 is 10.6 Å². The number of nitrogens with one attached hydrogen (secondary N) is 2. The normalized spacial score (nSPS) is 22.8. The molecule has 0 bridgehead atoms. The van der Waals surface area contributed by atoms with Crippen molar-refractivity contribution >= 4 is 11.6 Å². The highest BCUT2D eigenvalue weighted by atomic mass is 16.3. The lowest BCUT2D eigenvalue weighted by atomic mass is 9.92. The first-order valence-electron chi connectivity index (χ1n) is 6.89. The van der Waals surface area contributed by atoms with Gasteiger partial charge in [-0.2, -0.15) is 0 Å². The number of hydrogen-bond acceptors (Lipinski definition) is 4. The van der Waals surface area contributed by atoms with Crippen LogP contribution in [0.1, 0.15) is 43.0 Å². The van der Waals surface area contributed by atoms with Gasteiger partial charge in [0.1, 0.15) is 0 Å². The topological polar surface area (TPSA) is 74.2 Å². The molecule has 1 aromatic heterocycles. The highest BCUT2D eigenvalue weighted by Crippen LogP contribution is 2.20. The first-order valence-corrected chi connectivity index (χ1v) is 6.89. The molecule has 0 aliphatic heterocycles. The second-order valence-electron chi connectivity index (χ2n) is 4.88. The fourth-order valence-corrected chi connectivity index (χ4v) is 2.45. The van der Waals surface area contributed by atoms with E-state index >= 15 is 0 Å². The number of aliphatic hydroxyl groups excluding tert-OH is 1. The number of carbonyl (C=O) groups excluding carboxylic acids is 1. The maximum Gasteiger partial charge on any atom is 0.253 e. The van der Waals surface area contributed by atoms with Gasteiger partial charge in [-0.15, -0.1) is 0 Å². The van der Waals surface area contributed by atoms with Crippen LogP contribution in [0.5, 0.6) is 0 Å². The maximum atomic E-state index is 12.3. The number of carbonyl (C=O) groups is 1. The summed E-state index contributed by atoms with van der Waals surface area (Å²) >= 11 is 0. The van der Waals surface area contributed by atoms with Gasteiger partial charge in [-0.25, -0.2) is 0 Å². The molecule has 1 aromatic rings. The zero-order chi connectivity index (χ0) is 13.7. The Morgan fingerprint density at radius 2 is 2.26 bits per heavy atom. The molecule has 3 N–H and O–H groups in total. The zero-order valence-corrected chi connectivity index (χ0v) is 11.2. The number of aliphatic hydroxyl groups is 1. The van der Waals surface area contributed by atoms with Crippen molar-refractivity contribution in [3.63, 3.8) is 0 Å². The maximum absolute atomic E-state index is 12.3. The summed E-state index contributed by atoms with van der Waals surface area (Å²) in [6.45, 7) is 2.71. The van der Waals surface area contributed by atoms with Crippen molar-refractivity contribution in [3.05, 3.63) is 24.0 Å². The summed E-state index contributed by atoms with van der Waals surface area (Å²) in [6, 6.07) is 1.56. The minimum Gasteiger partial charge on any atom is -0.391 e. The third kappa shape index (κ3) is 3.44. The van der Waals surface area contributed by atoms with Crippen LogP contribution in [-0.2, 0) is 0 Å². The van der Waals surface area contributed by atoms with E-state index in [-0.39, 0.29) is 11.9 Å². The molecule has 1 fully saturated rings. The third-order valence-corrected chi connectivity index (χ3v) is 3.48. The predicted octanol–water partition coefficient (Wildman–Crippen LogP) is 1.55. The van der Waals surface area contributed by atoms with E-state index < -0.39 is 6.10 Å². The molecule has 2 unspecified atom stereocenters. The smallest absolute Gasteiger partial charge is 0.253 e. The molecule has 2 atom stereocenters. The van der Waals surface area contributed by atoms with Crippen molar-refractivity contribution in [1.82, 2.24) is 10.3 Å². The number of nitrogens with zero attached hydrogens (tertiary/aromatic N) is 1. The van der Waals surface area contributed by atoms with Crippen LogP contribution in [0.15, 0.2) is 18.5 Å². The Morgan fingerprint density at radius 1 is 1.47 bits per heavy atom. The van der Waals surface area contributed by atoms with E-state index in [4.69, 9.17) is 0 Å². The lowest BCUT2D eigenvalue weighted by Gasteiger charge is -2.28. The number of anilines is 1. The fraction of sp³-hybridized carbons (Fsp3) is 0.571. The molecule has 0 spiro atoms. The molecule has 2 rings (SSSR count). The molecule has 1 saturated carbocycles. The van der Waals surface area contributed by atoms with Crippen molar-refractivity contribution in [1.29, 1.82) is 0 Å². The Balaban J connectivity index is 2.06. The molecule has 104 valence electrons. The largest absolute Gasteiger partial charge is 0.391 e. The number of pyridine rings is 1. The van der Waals surface area contributed by atoms with Gasteiger partial charge in [-0.3, -0.25) is 9.78 Å². The molecular weight excluding hydrogens is 242 g/mol. The van der Waals surface area contributed by atoms with Crippen molar-refractivity contribution in [2.45, 2.75) is 44.8 Å². The first-order chi connectivity index (χ1) is 9.22. The molecule has 0 radical (unpaired) electrons. The summed E-state index contributed by atoms with van der Waals surface area (Å²) in [5, 5.41) is 15.9. The van der Waals surface area contributed by atoms with Gasteiger partial charge >= 0.3 is 0 Å². The average Bonchev–Trinajstić information content (AvgIpc) is 2.42. The van der Waals surface area contributed by atoms with E-state index in [1.165, 1.54) is 0 Å². The highest BCUT2D eigenvalue weighted by Gasteiger charge is 2.25. The summed E-state index contributed by atoms with van der Waals surface area (Å²) in [4.78, 5) is 16.3. The Labute approximate surface area is 113 Å². The lowest BCUT2D eigenvalue weighted by molar-refractivity contribution is 0.0718. The zero-order valence-electron chi connectivity index (χ0n) is 11.2. The molecule has 1 aliphatic rings. The predicted molar refractivity (Wildman–Crippen MR) is 74.1 cm³/mol. The fourth-order valence-electron chi connectivity index (χ4n) is 2.45. The molecule has 0 aromatic carbocycles. The van der Waals surface area contributed by atoms with Crippen LogP contribution in [0.3, 0.4) is 0 Å². The van der Waals surface area contributed by atoms with Crippen LogP contribution in [0.2, 0.25) is 0 Å². The monoisotopic (exact) mass is 263 g/mol. The third-order valence-electron chi connectivity index (χ3n) is 3.48. The molecule has 1 aliphatic carbocycles. The molecule has 19 heavy (non-hydrogen) atoms. The van der Waals surface area contributed by atoms with E-state index in [1.807, 2.05) is 6.92 Å². The van der Waals surface area contributed by atoms with Crippen molar-refractivity contribution in [2.75, 3.05) is 11.9 Å². The molecular formula is C14H21N3O2. The van der Waals surface area contributed by atoms with Gasteiger partial charge in [0, 0.05) is 12.7 Å². The van der Waals surface area contributed by atoms with E-state index in [9.17, 15) is 9.90 Å². The van der Waals surface area contributed by atoms with Crippen LogP contribution >= 0.6 is 0 Å². The van der Waals surface area contributed by atoms with Gasteiger partial charge < -0.3 is 15.7 Å². The van der Waals surface area contributed by atoms with Crippen molar-refractivity contribution in [2.24, 2.45) is 0 Å². The number of hydrogen-bond donors (Lipinski definition) is 3. The van der Waals surface area contributed by atoms with Gasteiger partial charge in [0.2, 0.25) is 0 Å². The van der Waals surface area contributed by atoms with Crippen LogP contribution in [0, 0.1) is 0 Å². The Hall–Kier alpha value is -1.62. The van der Waals surface area contributed by atoms with Gasteiger partial charge in [0.25, 0.3) is 5.91 Å². The van der Waals surface area contributed by atoms with E-state index in [0.29, 0.717) is 5.56 Å². The molecule has 5 nitrogen and oxygen atoms in total. The second-order valence-corrected chi connectivity index (χ2v) is 4.88. The standard InChI is InChI=1S/C14H21N3O2/c1-2-16-12-9-15-8-7-10(12)14(19)17-11-5-3-4-6-13(11)18/h7-9,11,13,16,18H,2-6H2,1H3,(H,17,19). The van der Waals surface area contributed by atoms with Gasteiger partial charge in [-0.05, 0) is 25.8 Å². The first kappa shape index (κ1) is 13.8. The summed E-state index contributed by atoms with van der Waals surface area (Å²) in [5.74, 6) is -0.149. The average molecular weight is 263 g/mol. The van der Waals surface area contributed by atoms with Crippen LogP contribution in [-0.4, -0.2) is 34.7 Å². The van der Waals surface area contributed by atoms with E-state index in [0.717, 1.165) is 37.9 Å². The van der Waals surface area contributed by atoms with Crippen LogP contribution in [0.4, 0.5) is 5.69 Å². The summed E-state index contributed by atoms with van der Waals surface area (Å²) in [6.07, 6.45) is 6.52. The summed E-state index contributed by atoms with van der Waals surface area (Å²) in [5.41, 5.74) is 1.31. The Kier molecular flexibility index (Phi) is 4.74. The SMILES string of the molecule is CCNc1cnccc1C(=O)NC1CCCCC1O. The molecule has 5 heteroatoms. The van der Waals surface area contributed by atoms with Crippen molar-refractivity contribution < 1.29 is 9.90 Å². The Bertz CT molecular complexity index is 436. The quantitative estimate of drug-likeness (QED) is 0.770. The molecule has 1 heterocycles. The molecule has 1 amide bonds. The highest BCUT2D eigenvalue weighted by molar-refractivity contribution is 5.99. The molecule has 0 saturated heterocycles.